The second-order valence-electron chi connectivity index (χ2n) is 6.36. The molecule has 2 aromatic rings. The minimum Gasteiger partial charge on any atom is -0.462 e. The normalized spacial score (nSPS) is 29.3. The van der Waals surface area contributed by atoms with Crippen LogP contribution in [0.4, 0.5) is 0 Å². The van der Waals surface area contributed by atoms with Crippen molar-refractivity contribution in [1.29, 1.82) is 0 Å². The lowest BCUT2D eigenvalue weighted by Gasteiger charge is -2.39. The number of hydrogen-bond donors (Lipinski definition) is 4. The van der Waals surface area contributed by atoms with E-state index in [9.17, 15) is 25.2 Å². The molecule has 1 aromatic carbocycles. The maximum Gasteiger partial charge on any atom is 0.272 e. The molecule has 0 saturated carbocycles. The molecule has 0 bridgehead atoms. The lowest BCUT2D eigenvalue weighted by Crippen LogP contribution is -2.60. The Morgan fingerprint density at radius 1 is 1.11 bits per heavy atom. The van der Waals surface area contributed by atoms with Gasteiger partial charge in [-0.25, -0.2) is 3.96 Å². The van der Waals surface area contributed by atoms with Gasteiger partial charge in [-0.05, 0) is 38.1 Å². The lowest BCUT2D eigenvalue weighted by atomic mass is 9.99. The average molecular weight is 409 g/mol. The van der Waals surface area contributed by atoms with Crippen molar-refractivity contribution < 1.29 is 29.9 Å². The molecule has 1 aromatic heterocycles. The summed E-state index contributed by atoms with van der Waals surface area (Å²) in [6.07, 6.45) is -3.07. The van der Waals surface area contributed by atoms with Crippen molar-refractivity contribution in [1.82, 2.24) is 3.96 Å². The molecule has 152 valence electrons. The van der Waals surface area contributed by atoms with E-state index in [4.69, 9.17) is 9.47 Å². The van der Waals surface area contributed by atoms with Gasteiger partial charge in [-0.15, -0.1) is 0 Å². The molecule has 1 saturated heterocycles. The summed E-state index contributed by atoms with van der Waals surface area (Å²) in [7, 11) is 0. The minimum absolute atomic E-state index is 0.108. The van der Waals surface area contributed by atoms with Crippen LogP contribution in [0, 0.1) is 0 Å². The van der Waals surface area contributed by atoms with Gasteiger partial charge in [-0.2, -0.15) is 0 Å². The van der Waals surface area contributed by atoms with E-state index in [0.717, 1.165) is 4.53 Å². The van der Waals surface area contributed by atoms with Gasteiger partial charge in [0.1, 0.15) is 30.2 Å². The van der Waals surface area contributed by atoms with E-state index in [1.165, 1.54) is 11.5 Å². The number of hydrogen-bond acceptors (Lipinski definition) is 8. The summed E-state index contributed by atoms with van der Waals surface area (Å²) in [6, 6.07) is 6.59. The number of aliphatic hydroxyl groups excluding tert-OH is 4. The molecule has 28 heavy (non-hydrogen) atoms. The third-order valence-corrected chi connectivity index (χ3v) is 5.80. The highest BCUT2D eigenvalue weighted by atomic mass is 32.1. The molecule has 1 aliphatic heterocycles. The first kappa shape index (κ1) is 20.7. The molecule has 0 spiro atoms. The van der Waals surface area contributed by atoms with Gasteiger partial charge in [0, 0.05) is 0 Å². The number of aromatic nitrogens is 1. The smallest absolute Gasteiger partial charge is 0.272 e. The molecular weight excluding hydrogens is 386 g/mol. The molecule has 0 aliphatic carbocycles. The second-order valence-corrected chi connectivity index (χ2v) is 7.34. The molecule has 1 aliphatic rings. The summed E-state index contributed by atoms with van der Waals surface area (Å²) in [6.45, 7) is 3.16. The molecule has 0 amide bonds. The molecule has 3 rings (SSSR count). The summed E-state index contributed by atoms with van der Waals surface area (Å²) < 4.78 is 13.3. The highest BCUT2D eigenvalue weighted by Gasteiger charge is 2.44. The SMILES string of the molecule is CC=c1sn(-c2ccc(OC3OC(CO)C(O)C(O)C3O)cc2)c(=O)c1=CC. The Kier molecular flexibility index (Phi) is 6.33. The van der Waals surface area contributed by atoms with Crippen molar-refractivity contribution in [3.63, 3.8) is 0 Å². The van der Waals surface area contributed by atoms with Crippen LogP contribution in [-0.4, -0.2) is 61.7 Å². The summed E-state index contributed by atoms with van der Waals surface area (Å²) in [4.78, 5) is 12.5. The number of nitrogens with zero attached hydrogens (tertiary/aromatic N) is 1. The van der Waals surface area contributed by atoms with Gasteiger partial charge in [0.15, 0.2) is 0 Å². The molecular formula is C19H23NO7S. The Morgan fingerprint density at radius 2 is 1.79 bits per heavy atom. The van der Waals surface area contributed by atoms with Crippen molar-refractivity contribution in [2.45, 2.75) is 44.6 Å². The summed E-state index contributed by atoms with van der Waals surface area (Å²) >= 11 is 1.33. The molecule has 1 fully saturated rings. The van der Waals surface area contributed by atoms with E-state index in [1.54, 1.807) is 34.3 Å². The fourth-order valence-electron chi connectivity index (χ4n) is 3.01. The van der Waals surface area contributed by atoms with E-state index >= 15 is 0 Å². The standard InChI is InChI=1S/C19H23NO7S/c1-3-12-14(4-2)28-20(18(12)25)10-5-7-11(8-6-10)26-19-17(24)16(23)15(22)13(9-21)27-19/h3-8,13,15-17,19,21-24H,9H2,1-2H3. The minimum atomic E-state index is -1.51. The van der Waals surface area contributed by atoms with Crippen LogP contribution in [0.15, 0.2) is 29.1 Å². The Morgan fingerprint density at radius 3 is 2.32 bits per heavy atom. The van der Waals surface area contributed by atoms with Gasteiger partial charge in [0.2, 0.25) is 6.29 Å². The van der Waals surface area contributed by atoms with Crippen molar-refractivity contribution in [2.24, 2.45) is 0 Å². The second kappa shape index (κ2) is 8.56. The molecule has 2 heterocycles. The van der Waals surface area contributed by atoms with Crippen LogP contribution < -0.4 is 20.0 Å². The highest BCUT2D eigenvalue weighted by Crippen LogP contribution is 2.24. The Balaban J connectivity index is 1.82. The van der Waals surface area contributed by atoms with Crippen molar-refractivity contribution in [3.05, 3.63) is 44.4 Å². The third-order valence-electron chi connectivity index (χ3n) is 4.59. The zero-order valence-corrected chi connectivity index (χ0v) is 16.2. The van der Waals surface area contributed by atoms with Crippen LogP contribution in [0.3, 0.4) is 0 Å². The van der Waals surface area contributed by atoms with Crippen molar-refractivity contribution in [2.75, 3.05) is 6.61 Å². The molecule has 9 heteroatoms. The topological polar surface area (TPSA) is 121 Å². The third kappa shape index (κ3) is 3.77. The van der Waals surface area contributed by atoms with E-state index in [0.29, 0.717) is 16.7 Å². The van der Waals surface area contributed by atoms with E-state index in [2.05, 4.69) is 0 Å². The summed E-state index contributed by atoms with van der Waals surface area (Å²) in [5, 5.41) is 39.6. The highest BCUT2D eigenvalue weighted by molar-refractivity contribution is 7.04. The van der Waals surface area contributed by atoms with Gasteiger partial charge >= 0.3 is 0 Å². The van der Waals surface area contributed by atoms with Crippen LogP contribution in [-0.2, 0) is 4.74 Å². The quantitative estimate of drug-likeness (QED) is 0.494. The molecule has 8 nitrogen and oxygen atoms in total. The Hall–Kier alpha value is -2.01. The van der Waals surface area contributed by atoms with Crippen LogP contribution >= 0.6 is 11.5 Å². The lowest BCUT2D eigenvalue weighted by molar-refractivity contribution is -0.277. The number of ether oxygens (including phenoxy) is 2. The first-order valence-electron chi connectivity index (χ1n) is 8.84. The van der Waals surface area contributed by atoms with E-state index in [-0.39, 0.29) is 5.56 Å². The van der Waals surface area contributed by atoms with Gasteiger partial charge in [-0.3, -0.25) is 4.79 Å². The van der Waals surface area contributed by atoms with Crippen LogP contribution in [0.25, 0.3) is 17.8 Å². The number of aliphatic hydroxyl groups is 4. The maximum absolute atomic E-state index is 12.5. The number of benzene rings is 1. The fraction of sp³-hybridized carbons (Fsp3) is 0.421. The number of rotatable bonds is 4. The summed E-state index contributed by atoms with van der Waals surface area (Å²) in [5.74, 6) is 0.335. The Bertz CT molecular complexity index is 979. The average Bonchev–Trinajstić information content (AvgIpc) is 3.04. The van der Waals surface area contributed by atoms with E-state index < -0.39 is 37.3 Å². The van der Waals surface area contributed by atoms with Gasteiger partial charge in [0.25, 0.3) is 5.56 Å². The predicted molar refractivity (Wildman–Crippen MR) is 104 cm³/mol. The predicted octanol–water partition coefficient (Wildman–Crippen LogP) is -1.32. The zero-order valence-electron chi connectivity index (χ0n) is 15.4. The van der Waals surface area contributed by atoms with Crippen LogP contribution in [0.1, 0.15) is 13.8 Å². The monoisotopic (exact) mass is 409 g/mol. The first-order chi connectivity index (χ1) is 13.4. The van der Waals surface area contributed by atoms with Gasteiger partial charge in [-0.1, -0.05) is 23.7 Å². The van der Waals surface area contributed by atoms with Crippen LogP contribution in [0.5, 0.6) is 5.75 Å². The molecule has 0 radical (unpaired) electrons. The van der Waals surface area contributed by atoms with Gasteiger partial charge in [0.05, 0.1) is 22.0 Å². The maximum atomic E-state index is 12.5. The zero-order chi connectivity index (χ0) is 20.4. The first-order valence-corrected chi connectivity index (χ1v) is 9.61. The molecule has 5 unspecified atom stereocenters. The van der Waals surface area contributed by atoms with Crippen LogP contribution in [0.2, 0.25) is 0 Å². The fourth-order valence-corrected chi connectivity index (χ4v) is 4.02. The molecule has 5 atom stereocenters. The largest absolute Gasteiger partial charge is 0.462 e. The molecule has 4 N–H and O–H groups in total. The van der Waals surface area contributed by atoms with Gasteiger partial charge < -0.3 is 29.9 Å². The summed E-state index contributed by atoms with van der Waals surface area (Å²) in [5.41, 5.74) is 0.551. The van der Waals surface area contributed by atoms with Crippen molar-refractivity contribution >= 4 is 23.7 Å². The van der Waals surface area contributed by atoms with E-state index in [1.807, 2.05) is 19.9 Å². The van der Waals surface area contributed by atoms with Crippen molar-refractivity contribution in [3.8, 4) is 11.4 Å². The Labute approximate surface area is 165 Å².